The van der Waals surface area contributed by atoms with Crippen molar-refractivity contribution in [3.8, 4) is 0 Å². The van der Waals surface area contributed by atoms with Gasteiger partial charge in [-0.3, -0.25) is 0 Å². The SMILES string of the molecule is BrC1CCCCCC1OCC1CCCC1. The van der Waals surface area contributed by atoms with Crippen LogP contribution in [0.25, 0.3) is 0 Å². The van der Waals surface area contributed by atoms with Crippen molar-refractivity contribution >= 4 is 15.9 Å². The molecule has 0 N–H and O–H groups in total. The molecule has 2 aliphatic carbocycles. The number of ether oxygens (including phenoxy) is 1. The van der Waals surface area contributed by atoms with Crippen LogP contribution in [-0.4, -0.2) is 17.5 Å². The molecule has 0 radical (unpaired) electrons. The lowest BCUT2D eigenvalue weighted by molar-refractivity contribution is 0.0263. The topological polar surface area (TPSA) is 9.23 Å². The minimum Gasteiger partial charge on any atom is -0.377 e. The van der Waals surface area contributed by atoms with Gasteiger partial charge in [-0.25, -0.2) is 0 Å². The van der Waals surface area contributed by atoms with Crippen molar-refractivity contribution in [1.29, 1.82) is 0 Å². The first-order valence-electron chi connectivity index (χ1n) is 6.62. The van der Waals surface area contributed by atoms with Crippen molar-refractivity contribution < 1.29 is 4.74 Å². The highest BCUT2D eigenvalue weighted by Crippen LogP contribution is 2.29. The smallest absolute Gasteiger partial charge is 0.0700 e. The number of alkyl halides is 1. The average molecular weight is 275 g/mol. The van der Waals surface area contributed by atoms with E-state index in [1.807, 2.05) is 0 Å². The summed E-state index contributed by atoms with van der Waals surface area (Å²) in [7, 11) is 0. The van der Waals surface area contributed by atoms with Crippen LogP contribution in [0.15, 0.2) is 0 Å². The number of hydrogen-bond acceptors (Lipinski definition) is 1. The molecule has 15 heavy (non-hydrogen) atoms. The van der Waals surface area contributed by atoms with Crippen molar-refractivity contribution in [2.24, 2.45) is 5.92 Å². The van der Waals surface area contributed by atoms with E-state index in [1.54, 1.807) is 0 Å². The van der Waals surface area contributed by atoms with Crippen molar-refractivity contribution in [2.45, 2.75) is 68.7 Å². The lowest BCUT2D eigenvalue weighted by atomic mass is 10.1. The van der Waals surface area contributed by atoms with E-state index >= 15 is 0 Å². The van der Waals surface area contributed by atoms with Crippen molar-refractivity contribution in [3.05, 3.63) is 0 Å². The number of rotatable bonds is 3. The van der Waals surface area contributed by atoms with Crippen molar-refractivity contribution in [3.63, 3.8) is 0 Å². The molecule has 0 spiro atoms. The molecule has 2 heteroatoms. The fourth-order valence-corrected chi connectivity index (χ4v) is 3.59. The normalized spacial score (nSPS) is 34.2. The van der Waals surface area contributed by atoms with Crippen molar-refractivity contribution in [1.82, 2.24) is 0 Å². The first-order chi connectivity index (χ1) is 7.36. The predicted octanol–water partition coefficient (Wildman–Crippen LogP) is 4.29. The molecular weight excluding hydrogens is 252 g/mol. The summed E-state index contributed by atoms with van der Waals surface area (Å²) >= 11 is 3.79. The molecule has 0 aromatic carbocycles. The Kier molecular flexibility index (Phi) is 4.96. The molecule has 0 aliphatic heterocycles. The van der Waals surface area contributed by atoms with Gasteiger partial charge in [0.1, 0.15) is 0 Å². The van der Waals surface area contributed by atoms with Gasteiger partial charge in [0.05, 0.1) is 6.10 Å². The molecule has 2 saturated carbocycles. The minimum atomic E-state index is 0.494. The Balaban J connectivity index is 1.71. The molecule has 2 unspecified atom stereocenters. The highest BCUT2D eigenvalue weighted by Gasteiger charge is 2.24. The fourth-order valence-electron chi connectivity index (χ4n) is 2.85. The summed E-state index contributed by atoms with van der Waals surface area (Å²) in [5.74, 6) is 0.868. The van der Waals surface area contributed by atoms with Crippen LogP contribution in [0.1, 0.15) is 57.8 Å². The Morgan fingerprint density at radius 2 is 1.53 bits per heavy atom. The molecule has 0 heterocycles. The van der Waals surface area contributed by atoms with Gasteiger partial charge in [0.15, 0.2) is 0 Å². The highest BCUT2D eigenvalue weighted by atomic mass is 79.9. The maximum absolute atomic E-state index is 6.11. The van der Waals surface area contributed by atoms with E-state index < -0.39 is 0 Å². The van der Waals surface area contributed by atoms with Gasteiger partial charge >= 0.3 is 0 Å². The molecule has 2 rings (SSSR count). The third-order valence-corrected chi connectivity index (χ3v) is 4.94. The van der Waals surface area contributed by atoms with Crippen LogP contribution in [0.5, 0.6) is 0 Å². The van der Waals surface area contributed by atoms with Crippen molar-refractivity contribution in [2.75, 3.05) is 6.61 Å². The zero-order valence-corrected chi connectivity index (χ0v) is 11.2. The van der Waals surface area contributed by atoms with E-state index in [2.05, 4.69) is 15.9 Å². The van der Waals surface area contributed by atoms with E-state index in [1.165, 1.54) is 57.8 Å². The highest BCUT2D eigenvalue weighted by molar-refractivity contribution is 9.09. The van der Waals surface area contributed by atoms with E-state index in [9.17, 15) is 0 Å². The molecule has 2 fully saturated rings. The molecule has 0 amide bonds. The zero-order valence-electron chi connectivity index (χ0n) is 9.59. The van der Waals surface area contributed by atoms with Gasteiger partial charge in [-0.2, -0.15) is 0 Å². The zero-order chi connectivity index (χ0) is 10.5. The second kappa shape index (κ2) is 6.24. The van der Waals surface area contributed by atoms with Crippen LogP contribution in [0.4, 0.5) is 0 Å². The summed E-state index contributed by atoms with van der Waals surface area (Å²) in [6.45, 7) is 1.02. The monoisotopic (exact) mass is 274 g/mol. The summed E-state index contributed by atoms with van der Waals surface area (Å²) in [6, 6.07) is 0. The third kappa shape index (κ3) is 3.74. The van der Waals surface area contributed by atoms with Crippen LogP contribution in [-0.2, 0) is 4.74 Å². The van der Waals surface area contributed by atoms with Crippen LogP contribution in [0.2, 0.25) is 0 Å². The van der Waals surface area contributed by atoms with Gasteiger partial charge in [-0.1, -0.05) is 48.0 Å². The molecule has 0 aromatic heterocycles. The average Bonchev–Trinajstić information content (AvgIpc) is 2.67. The Morgan fingerprint density at radius 1 is 0.867 bits per heavy atom. The summed E-state index contributed by atoms with van der Waals surface area (Å²) in [5.41, 5.74) is 0. The second-order valence-corrected chi connectivity index (χ2v) is 6.35. The van der Waals surface area contributed by atoms with Gasteiger partial charge in [0.2, 0.25) is 0 Å². The van der Waals surface area contributed by atoms with Gasteiger partial charge in [-0.05, 0) is 31.6 Å². The third-order valence-electron chi connectivity index (χ3n) is 3.89. The molecule has 88 valence electrons. The lowest BCUT2D eigenvalue weighted by Gasteiger charge is -2.22. The Morgan fingerprint density at radius 3 is 2.33 bits per heavy atom. The second-order valence-electron chi connectivity index (χ2n) is 5.18. The Labute approximate surface area is 102 Å². The number of hydrogen-bond donors (Lipinski definition) is 0. The Bertz CT molecular complexity index is 177. The molecule has 1 nitrogen and oxygen atoms in total. The van der Waals surface area contributed by atoms with Crippen LogP contribution in [0.3, 0.4) is 0 Å². The van der Waals surface area contributed by atoms with E-state index in [0.717, 1.165) is 12.5 Å². The first-order valence-corrected chi connectivity index (χ1v) is 7.53. The molecule has 2 atom stereocenters. The maximum atomic E-state index is 6.11. The molecule has 2 aliphatic rings. The standard InChI is InChI=1S/C13H23BrO/c14-12-8-2-1-3-9-13(12)15-10-11-6-4-5-7-11/h11-13H,1-10H2. The molecule has 0 bridgehead atoms. The van der Waals surface area contributed by atoms with Gasteiger partial charge in [-0.15, -0.1) is 0 Å². The molecule has 0 saturated heterocycles. The summed E-state index contributed by atoms with van der Waals surface area (Å²) in [4.78, 5) is 0.612. The van der Waals surface area contributed by atoms with Crippen LogP contribution in [0, 0.1) is 5.92 Å². The molecular formula is C13H23BrO. The van der Waals surface area contributed by atoms with E-state index in [4.69, 9.17) is 4.74 Å². The summed E-state index contributed by atoms with van der Waals surface area (Å²) < 4.78 is 6.11. The minimum absolute atomic E-state index is 0.494. The van der Waals surface area contributed by atoms with Crippen LogP contribution < -0.4 is 0 Å². The predicted molar refractivity (Wildman–Crippen MR) is 67.5 cm³/mol. The van der Waals surface area contributed by atoms with Gasteiger partial charge < -0.3 is 4.74 Å². The number of halogens is 1. The first kappa shape index (κ1) is 11.9. The molecule has 0 aromatic rings. The van der Waals surface area contributed by atoms with Crippen LogP contribution >= 0.6 is 15.9 Å². The van der Waals surface area contributed by atoms with Gasteiger partial charge in [0.25, 0.3) is 0 Å². The fraction of sp³-hybridized carbons (Fsp3) is 1.00. The largest absolute Gasteiger partial charge is 0.377 e. The summed E-state index contributed by atoms with van der Waals surface area (Å²) in [6.07, 6.45) is 12.8. The lowest BCUT2D eigenvalue weighted by Crippen LogP contribution is -2.25. The summed E-state index contributed by atoms with van der Waals surface area (Å²) in [5, 5.41) is 0. The maximum Gasteiger partial charge on any atom is 0.0700 e. The van der Waals surface area contributed by atoms with E-state index in [-0.39, 0.29) is 0 Å². The van der Waals surface area contributed by atoms with Gasteiger partial charge in [0, 0.05) is 11.4 Å². The quantitative estimate of drug-likeness (QED) is 0.551. The Hall–Kier alpha value is 0.440. The van der Waals surface area contributed by atoms with E-state index in [0.29, 0.717) is 10.9 Å².